The smallest absolute Gasteiger partial charge is 0.321 e. The number of urea groups is 1. The number of likely N-dealkylation sites (tertiary alicyclic amines) is 1. The first-order valence-corrected chi connectivity index (χ1v) is 6.74. The molecule has 3 rings (SSSR count). The molecule has 2 fully saturated rings. The van der Waals surface area contributed by atoms with Gasteiger partial charge in [-0.05, 0) is 31.4 Å². The predicted octanol–water partition coefficient (Wildman–Crippen LogP) is 2.75. The first kappa shape index (κ1) is 13.3. The van der Waals surface area contributed by atoms with E-state index in [9.17, 15) is 13.6 Å². The van der Waals surface area contributed by atoms with Gasteiger partial charge < -0.3 is 15.0 Å². The molecule has 0 unspecified atom stereocenters. The second kappa shape index (κ2) is 5.01. The number of hydrogen-bond donors (Lipinski definition) is 1. The molecule has 20 heavy (non-hydrogen) atoms. The van der Waals surface area contributed by atoms with Crippen LogP contribution in [0.15, 0.2) is 18.2 Å². The van der Waals surface area contributed by atoms with Gasteiger partial charge in [-0.2, -0.15) is 0 Å². The van der Waals surface area contributed by atoms with Crippen LogP contribution in [0.25, 0.3) is 0 Å². The number of nitrogens with one attached hydrogen (secondary N) is 1. The monoisotopic (exact) mass is 282 g/mol. The Bertz CT molecular complexity index is 522. The van der Waals surface area contributed by atoms with Gasteiger partial charge in [0.05, 0.1) is 17.9 Å². The standard InChI is InChI=1S/C14H16F2N2O2/c15-10-2-1-3-11(12(10)16)17-13(19)18-7-4-14(5-8-18)6-9-20-14/h1-3H,4-9H2,(H,17,19). The van der Waals surface area contributed by atoms with Gasteiger partial charge >= 0.3 is 6.03 Å². The third-order valence-electron chi connectivity index (χ3n) is 4.12. The molecule has 0 radical (unpaired) electrons. The average molecular weight is 282 g/mol. The Balaban J connectivity index is 1.61. The maximum atomic E-state index is 13.5. The van der Waals surface area contributed by atoms with Crippen molar-refractivity contribution in [3.05, 3.63) is 29.8 Å². The molecule has 0 atom stereocenters. The molecule has 0 aromatic heterocycles. The van der Waals surface area contributed by atoms with Crippen LogP contribution in [0, 0.1) is 11.6 Å². The van der Waals surface area contributed by atoms with E-state index < -0.39 is 17.7 Å². The molecule has 108 valence electrons. The maximum absolute atomic E-state index is 13.5. The Morgan fingerprint density at radius 3 is 2.55 bits per heavy atom. The number of amides is 2. The highest BCUT2D eigenvalue weighted by Gasteiger charge is 2.41. The lowest BCUT2D eigenvalue weighted by Gasteiger charge is -2.47. The van der Waals surface area contributed by atoms with Crippen LogP contribution >= 0.6 is 0 Å². The number of piperidine rings is 1. The summed E-state index contributed by atoms with van der Waals surface area (Å²) < 4.78 is 32.1. The molecule has 1 spiro atoms. The summed E-state index contributed by atoms with van der Waals surface area (Å²) in [6.07, 6.45) is 2.64. The fourth-order valence-corrected chi connectivity index (χ4v) is 2.70. The van der Waals surface area contributed by atoms with Crippen LogP contribution in [-0.4, -0.2) is 36.2 Å². The number of ether oxygens (including phenoxy) is 1. The van der Waals surface area contributed by atoms with Crippen LogP contribution in [0.1, 0.15) is 19.3 Å². The van der Waals surface area contributed by atoms with E-state index in [1.54, 1.807) is 4.90 Å². The molecule has 0 bridgehead atoms. The Labute approximate surface area is 115 Å². The predicted molar refractivity (Wildman–Crippen MR) is 69.5 cm³/mol. The largest absolute Gasteiger partial charge is 0.375 e. The van der Waals surface area contributed by atoms with Crippen molar-refractivity contribution in [2.24, 2.45) is 0 Å². The summed E-state index contributed by atoms with van der Waals surface area (Å²) in [7, 11) is 0. The van der Waals surface area contributed by atoms with E-state index in [1.165, 1.54) is 12.1 Å². The first-order valence-electron chi connectivity index (χ1n) is 6.74. The van der Waals surface area contributed by atoms with Gasteiger partial charge in [0.15, 0.2) is 11.6 Å². The minimum Gasteiger partial charge on any atom is -0.375 e. The van der Waals surface area contributed by atoms with Crippen molar-refractivity contribution in [2.45, 2.75) is 24.9 Å². The van der Waals surface area contributed by atoms with Crippen LogP contribution in [0.3, 0.4) is 0 Å². The first-order chi connectivity index (χ1) is 9.60. The van der Waals surface area contributed by atoms with Gasteiger partial charge in [-0.3, -0.25) is 0 Å². The van der Waals surface area contributed by atoms with Crippen molar-refractivity contribution in [1.82, 2.24) is 4.90 Å². The Kier molecular flexibility index (Phi) is 3.33. The Morgan fingerprint density at radius 1 is 1.25 bits per heavy atom. The van der Waals surface area contributed by atoms with Crippen molar-refractivity contribution in [1.29, 1.82) is 0 Å². The van der Waals surface area contributed by atoms with Gasteiger partial charge in [-0.1, -0.05) is 6.07 Å². The number of carbonyl (C=O) groups excluding carboxylic acids is 1. The number of rotatable bonds is 1. The Hall–Kier alpha value is -1.69. The van der Waals surface area contributed by atoms with Crippen molar-refractivity contribution >= 4 is 11.7 Å². The molecule has 2 aliphatic rings. The van der Waals surface area contributed by atoms with E-state index in [1.807, 2.05) is 0 Å². The fourth-order valence-electron chi connectivity index (χ4n) is 2.70. The van der Waals surface area contributed by atoms with Gasteiger partial charge in [-0.15, -0.1) is 0 Å². The average Bonchev–Trinajstić information content (AvgIpc) is 2.42. The minimum absolute atomic E-state index is 0.0408. The van der Waals surface area contributed by atoms with E-state index in [2.05, 4.69) is 5.32 Å². The van der Waals surface area contributed by atoms with Crippen molar-refractivity contribution in [3.8, 4) is 0 Å². The van der Waals surface area contributed by atoms with Gasteiger partial charge in [0.25, 0.3) is 0 Å². The highest BCUT2D eigenvalue weighted by atomic mass is 19.2. The molecular formula is C14H16F2N2O2. The molecule has 1 aromatic carbocycles. The van der Waals surface area contributed by atoms with Crippen LogP contribution in [0.5, 0.6) is 0 Å². The molecule has 2 saturated heterocycles. The fraction of sp³-hybridized carbons (Fsp3) is 0.500. The summed E-state index contributed by atoms with van der Waals surface area (Å²) in [6, 6.07) is 3.32. The van der Waals surface area contributed by atoms with E-state index in [-0.39, 0.29) is 11.3 Å². The minimum atomic E-state index is -1.03. The number of nitrogens with zero attached hydrogens (tertiary/aromatic N) is 1. The molecule has 1 aromatic rings. The molecule has 0 aliphatic carbocycles. The highest BCUT2D eigenvalue weighted by molar-refractivity contribution is 5.89. The Morgan fingerprint density at radius 2 is 1.95 bits per heavy atom. The zero-order valence-electron chi connectivity index (χ0n) is 11.0. The van der Waals surface area contributed by atoms with Crippen molar-refractivity contribution < 1.29 is 18.3 Å². The van der Waals surface area contributed by atoms with Crippen LogP contribution in [0.4, 0.5) is 19.3 Å². The normalized spacial score (nSPS) is 20.6. The SMILES string of the molecule is O=C(Nc1cccc(F)c1F)N1CCC2(CCO2)CC1. The number of carbonyl (C=O) groups is 1. The summed E-state index contributed by atoms with van der Waals surface area (Å²) in [5.74, 6) is -2.00. The third-order valence-corrected chi connectivity index (χ3v) is 4.12. The molecule has 1 N–H and O–H groups in total. The zero-order valence-corrected chi connectivity index (χ0v) is 11.0. The van der Waals surface area contributed by atoms with Crippen molar-refractivity contribution in [3.63, 3.8) is 0 Å². The lowest BCUT2D eigenvalue weighted by atomic mass is 9.84. The second-order valence-electron chi connectivity index (χ2n) is 5.30. The van der Waals surface area contributed by atoms with E-state index in [0.29, 0.717) is 13.1 Å². The quantitative estimate of drug-likeness (QED) is 0.860. The van der Waals surface area contributed by atoms with Crippen LogP contribution in [0.2, 0.25) is 0 Å². The molecule has 4 nitrogen and oxygen atoms in total. The van der Waals surface area contributed by atoms with Gasteiger partial charge in [-0.25, -0.2) is 13.6 Å². The van der Waals surface area contributed by atoms with Gasteiger partial charge in [0.1, 0.15) is 0 Å². The van der Waals surface area contributed by atoms with Gasteiger partial charge in [0.2, 0.25) is 0 Å². The molecule has 0 saturated carbocycles. The third kappa shape index (κ3) is 2.35. The second-order valence-corrected chi connectivity index (χ2v) is 5.30. The van der Waals surface area contributed by atoms with Gasteiger partial charge in [0, 0.05) is 13.1 Å². The van der Waals surface area contributed by atoms with Crippen LogP contribution < -0.4 is 5.32 Å². The topological polar surface area (TPSA) is 41.6 Å². The molecular weight excluding hydrogens is 266 g/mol. The highest BCUT2D eigenvalue weighted by Crippen LogP contribution is 2.36. The lowest BCUT2D eigenvalue weighted by molar-refractivity contribution is -0.168. The summed E-state index contributed by atoms with van der Waals surface area (Å²) in [6.45, 7) is 1.94. The zero-order chi connectivity index (χ0) is 14.2. The summed E-state index contributed by atoms with van der Waals surface area (Å²) in [5, 5.41) is 2.42. The summed E-state index contributed by atoms with van der Waals surface area (Å²) in [5.41, 5.74) is -0.170. The number of benzene rings is 1. The van der Waals surface area contributed by atoms with E-state index >= 15 is 0 Å². The molecule has 2 aliphatic heterocycles. The molecule has 2 heterocycles. The number of hydrogen-bond acceptors (Lipinski definition) is 2. The summed E-state index contributed by atoms with van der Waals surface area (Å²) in [4.78, 5) is 13.6. The lowest BCUT2D eigenvalue weighted by Crippen LogP contribution is -2.54. The van der Waals surface area contributed by atoms with E-state index in [4.69, 9.17) is 4.74 Å². The van der Waals surface area contributed by atoms with E-state index in [0.717, 1.165) is 31.9 Å². The number of anilines is 1. The number of halogens is 2. The molecule has 2 amide bonds. The summed E-state index contributed by atoms with van der Waals surface area (Å²) >= 11 is 0. The maximum Gasteiger partial charge on any atom is 0.321 e. The van der Waals surface area contributed by atoms with Crippen LogP contribution in [-0.2, 0) is 4.74 Å². The molecule has 6 heteroatoms. The van der Waals surface area contributed by atoms with Crippen molar-refractivity contribution in [2.75, 3.05) is 25.0 Å².